The van der Waals surface area contributed by atoms with E-state index in [2.05, 4.69) is 9.72 Å². The lowest BCUT2D eigenvalue weighted by molar-refractivity contribution is -0.0435. The minimum Gasteiger partial charge on any atom is -0.461 e. The average molecular weight is 333 g/mol. The molecule has 5 nitrogen and oxygen atoms in total. The molecule has 9 heteroatoms. The summed E-state index contributed by atoms with van der Waals surface area (Å²) in [7, 11) is -5.62. The van der Waals surface area contributed by atoms with Crippen molar-refractivity contribution in [2.24, 2.45) is 0 Å². The molecule has 0 saturated carbocycles. The number of carbonyl (C=O) groups excluding carboxylic acids is 1. The van der Waals surface area contributed by atoms with Crippen LogP contribution in [-0.4, -0.2) is 31.5 Å². The molecule has 0 spiro atoms. The summed E-state index contributed by atoms with van der Waals surface area (Å²) in [4.78, 5) is 14.5. The van der Waals surface area contributed by atoms with E-state index in [0.717, 1.165) is 0 Å². The lowest BCUT2D eigenvalue weighted by Gasteiger charge is -2.12. The highest BCUT2D eigenvalue weighted by Gasteiger charge is 2.48. The Morgan fingerprint density at radius 3 is 2.50 bits per heavy atom. The molecule has 0 aliphatic heterocycles. The Labute approximate surface area is 123 Å². The molecule has 2 aromatic rings. The van der Waals surface area contributed by atoms with E-state index in [-0.39, 0.29) is 17.5 Å². The van der Waals surface area contributed by atoms with Crippen molar-refractivity contribution >= 4 is 26.7 Å². The van der Waals surface area contributed by atoms with Crippen molar-refractivity contribution in [1.29, 1.82) is 0 Å². The zero-order valence-corrected chi connectivity index (χ0v) is 12.0. The lowest BCUT2D eigenvalue weighted by atomic mass is 10.2. The Morgan fingerprint density at radius 2 is 1.91 bits per heavy atom. The van der Waals surface area contributed by atoms with Gasteiger partial charge in [-0.3, -0.25) is 0 Å². The van der Waals surface area contributed by atoms with Gasteiger partial charge in [0.05, 0.1) is 17.0 Å². The molecule has 0 atom stereocenters. The number of hydrogen-bond acceptors (Lipinski definition) is 5. The number of alkyl halides is 3. The molecule has 0 aliphatic rings. The van der Waals surface area contributed by atoms with Crippen LogP contribution in [-0.2, 0) is 14.6 Å². The monoisotopic (exact) mass is 333 g/mol. The molecule has 0 radical (unpaired) electrons. The summed E-state index contributed by atoms with van der Waals surface area (Å²) < 4.78 is 66.5. The molecule has 0 amide bonds. The lowest BCUT2D eigenvalue weighted by Crippen LogP contribution is -2.24. The third kappa shape index (κ3) is 2.76. The van der Waals surface area contributed by atoms with E-state index in [9.17, 15) is 26.4 Å². The van der Waals surface area contributed by atoms with E-state index in [1.165, 1.54) is 31.2 Å². The van der Waals surface area contributed by atoms with E-state index in [1.54, 1.807) is 0 Å². The second-order valence-corrected chi connectivity index (χ2v) is 6.10. The van der Waals surface area contributed by atoms with E-state index >= 15 is 0 Å². The maximum Gasteiger partial charge on any atom is 0.501 e. The van der Waals surface area contributed by atoms with Gasteiger partial charge in [-0.1, -0.05) is 18.2 Å². The number of sulfone groups is 1. The Kier molecular flexibility index (Phi) is 4.10. The molecule has 1 aromatic carbocycles. The van der Waals surface area contributed by atoms with Gasteiger partial charge >= 0.3 is 11.5 Å². The van der Waals surface area contributed by atoms with Crippen LogP contribution >= 0.6 is 0 Å². The van der Waals surface area contributed by atoms with Crippen molar-refractivity contribution in [3.63, 3.8) is 0 Å². The SMILES string of the molecule is CCOC(=O)c1cc(S(=O)(=O)C(F)(F)F)c2ccccc2n1. The van der Waals surface area contributed by atoms with Gasteiger partial charge in [0.25, 0.3) is 9.84 Å². The van der Waals surface area contributed by atoms with Crippen molar-refractivity contribution in [2.75, 3.05) is 6.61 Å². The number of halogens is 3. The van der Waals surface area contributed by atoms with Crippen LogP contribution in [0.3, 0.4) is 0 Å². The first-order valence-corrected chi connectivity index (χ1v) is 7.55. The molecule has 22 heavy (non-hydrogen) atoms. The van der Waals surface area contributed by atoms with Crippen LogP contribution in [0.5, 0.6) is 0 Å². The number of carbonyl (C=O) groups is 1. The van der Waals surface area contributed by atoms with Crippen molar-refractivity contribution in [2.45, 2.75) is 17.3 Å². The predicted molar refractivity (Wildman–Crippen MR) is 70.9 cm³/mol. The number of fused-ring (bicyclic) bond motifs is 1. The van der Waals surface area contributed by atoms with Crippen molar-refractivity contribution in [1.82, 2.24) is 4.98 Å². The van der Waals surface area contributed by atoms with Crippen LogP contribution in [0.15, 0.2) is 35.2 Å². The molecule has 1 aromatic heterocycles. The topological polar surface area (TPSA) is 73.3 Å². The third-order valence-corrected chi connectivity index (χ3v) is 4.28. The van der Waals surface area contributed by atoms with Gasteiger partial charge in [0.2, 0.25) is 0 Å². The second-order valence-electron chi connectivity index (χ2n) is 4.19. The minimum absolute atomic E-state index is 0.0192. The summed E-state index contributed by atoms with van der Waals surface area (Å²) in [6, 6.07) is 5.93. The maximum absolute atomic E-state index is 12.8. The Hall–Kier alpha value is -2.16. The number of hydrogen-bond donors (Lipinski definition) is 0. The first-order valence-electron chi connectivity index (χ1n) is 6.06. The Bertz CT molecular complexity index is 831. The number of rotatable bonds is 3. The van der Waals surface area contributed by atoms with Crippen LogP contribution in [0.4, 0.5) is 13.2 Å². The summed E-state index contributed by atoms with van der Waals surface area (Å²) in [6.45, 7) is 1.49. The molecular formula is C13H10F3NO4S. The fourth-order valence-corrected chi connectivity index (χ4v) is 2.78. The average Bonchev–Trinajstić information content (AvgIpc) is 2.45. The molecule has 0 unspecified atom stereocenters. The second kappa shape index (κ2) is 5.56. The number of esters is 1. The van der Waals surface area contributed by atoms with E-state index in [4.69, 9.17) is 0 Å². The Morgan fingerprint density at radius 1 is 1.27 bits per heavy atom. The highest BCUT2D eigenvalue weighted by atomic mass is 32.2. The molecule has 0 aliphatic carbocycles. The number of ether oxygens (including phenoxy) is 1. The molecule has 0 saturated heterocycles. The fraction of sp³-hybridized carbons (Fsp3) is 0.231. The number of nitrogens with zero attached hydrogens (tertiary/aromatic N) is 1. The number of benzene rings is 1. The van der Waals surface area contributed by atoms with Crippen LogP contribution in [0, 0.1) is 0 Å². The minimum atomic E-state index is -5.62. The summed E-state index contributed by atoms with van der Waals surface area (Å²) in [6.07, 6.45) is 0. The van der Waals surface area contributed by atoms with Crippen LogP contribution < -0.4 is 0 Å². The van der Waals surface area contributed by atoms with Gasteiger partial charge in [-0.2, -0.15) is 13.2 Å². The molecule has 1 heterocycles. The zero-order chi connectivity index (χ0) is 16.5. The van der Waals surface area contributed by atoms with Gasteiger partial charge < -0.3 is 4.74 Å². The van der Waals surface area contributed by atoms with E-state index < -0.39 is 31.9 Å². The van der Waals surface area contributed by atoms with Gasteiger partial charge in [-0.05, 0) is 19.1 Å². The maximum atomic E-state index is 12.8. The largest absolute Gasteiger partial charge is 0.501 e. The van der Waals surface area contributed by atoms with Gasteiger partial charge in [0, 0.05) is 5.39 Å². The van der Waals surface area contributed by atoms with Gasteiger partial charge in [-0.25, -0.2) is 18.2 Å². The molecule has 2 rings (SSSR count). The summed E-state index contributed by atoms with van der Waals surface area (Å²) >= 11 is 0. The number of pyridine rings is 1. The highest BCUT2D eigenvalue weighted by Crippen LogP contribution is 2.34. The Balaban J connectivity index is 2.80. The molecule has 0 fully saturated rings. The zero-order valence-electron chi connectivity index (χ0n) is 11.2. The van der Waals surface area contributed by atoms with E-state index in [1.807, 2.05) is 0 Å². The molecule has 0 bridgehead atoms. The van der Waals surface area contributed by atoms with Crippen molar-refractivity contribution in [3.05, 3.63) is 36.0 Å². The van der Waals surface area contributed by atoms with E-state index in [0.29, 0.717) is 6.07 Å². The van der Waals surface area contributed by atoms with Gasteiger partial charge in [0.15, 0.2) is 0 Å². The van der Waals surface area contributed by atoms with Gasteiger partial charge in [-0.15, -0.1) is 0 Å². The molecule has 0 N–H and O–H groups in total. The summed E-state index contributed by atoms with van der Waals surface area (Å²) in [5.74, 6) is -0.994. The quantitative estimate of drug-likeness (QED) is 0.808. The van der Waals surface area contributed by atoms with Crippen LogP contribution in [0.1, 0.15) is 17.4 Å². The van der Waals surface area contributed by atoms with Crippen molar-refractivity contribution < 1.29 is 31.1 Å². The summed E-state index contributed by atoms with van der Waals surface area (Å²) in [5, 5.41) is -0.215. The summed E-state index contributed by atoms with van der Waals surface area (Å²) in [5.41, 5.74) is -6.03. The van der Waals surface area contributed by atoms with Crippen LogP contribution in [0.2, 0.25) is 0 Å². The first-order chi connectivity index (χ1) is 10.2. The normalized spacial score (nSPS) is 12.4. The highest BCUT2D eigenvalue weighted by molar-refractivity contribution is 7.92. The number of aromatic nitrogens is 1. The molecule has 118 valence electrons. The predicted octanol–water partition coefficient (Wildman–Crippen LogP) is 2.71. The first kappa shape index (κ1) is 16.2. The van der Waals surface area contributed by atoms with Crippen LogP contribution in [0.25, 0.3) is 10.9 Å². The smallest absolute Gasteiger partial charge is 0.461 e. The molecular weight excluding hydrogens is 323 g/mol. The standard InChI is InChI=1S/C13H10F3NO4S/c1-2-21-12(18)10-7-11(22(19,20)13(14,15)16)8-5-3-4-6-9(8)17-10/h3-7H,2H2,1H3. The van der Waals surface area contributed by atoms with Gasteiger partial charge in [0.1, 0.15) is 5.69 Å². The van der Waals surface area contributed by atoms with Crippen molar-refractivity contribution in [3.8, 4) is 0 Å². The fourth-order valence-electron chi connectivity index (χ4n) is 1.80. The third-order valence-electron chi connectivity index (χ3n) is 2.76. The number of para-hydroxylation sites is 1.